The molecule has 0 spiro atoms. The maximum absolute atomic E-state index is 14.1. The zero-order valence-corrected chi connectivity index (χ0v) is 20.7. The fourth-order valence-electron chi connectivity index (χ4n) is 3.91. The molecule has 8 heteroatoms. The Balaban J connectivity index is 1.53. The number of nitrogens with zero attached hydrogens (tertiary/aromatic N) is 4. The standard InChI is InChI=1S/C27H30FN5O2/c1-17(2)23-14-18(6-8-24(23)28)30-27-31-25-15-21(7-9-26(25)33(27)5)35-22-10-11-29-19(13-22)12-20(34)16-32(3)4/h6-11,13-15,17H,12,16H2,1-5H3,(H,30,31). The van der Waals surface area contributed by atoms with Gasteiger partial charge in [0.1, 0.15) is 17.3 Å². The second kappa shape index (κ2) is 10.2. The predicted molar refractivity (Wildman–Crippen MR) is 136 cm³/mol. The smallest absolute Gasteiger partial charge is 0.208 e. The van der Waals surface area contributed by atoms with Crippen LogP contribution in [-0.4, -0.2) is 45.9 Å². The normalized spacial score (nSPS) is 11.4. The summed E-state index contributed by atoms with van der Waals surface area (Å²) in [6.45, 7) is 4.30. The topological polar surface area (TPSA) is 72.3 Å². The number of rotatable bonds is 9. The number of aromatic nitrogens is 3. The number of imidazole rings is 1. The van der Waals surface area contributed by atoms with E-state index in [1.807, 2.05) is 68.7 Å². The number of hydrogen-bond acceptors (Lipinski definition) is 6. The summed E-state index contributed by atoms with van der Waals surface area (Å²) in [6.07, 6.45) is 1.90. The van der Waals surface area contributed by atoms with Gasteiger partial charge in [-0.15, -0.1) is 0 Å². The monoisotopic (exact) mass is 475 g/mol. The fraction of sp³-hybridized carbons (Fsp3) is 0.296. The van der Waals surface area contributed by atoms with Gasteiger partial charge in [0.05, 0.1) is 29.7 Å². The van der Waals surface area contributed by atoms with Crippen molar-refractivity contribution < 1.29 is 13.9 Å². The lowest BCUT2D eigenvalue weighted by atomic mass is 10.0. The Hall–Kier alpha value is -3.78. The summed E-state index contributed by atoms with van der Waals surface area (Å²) in [5, 5.41) is 3.29. The number of carbonyl (C=O) groups is 1. The second-order valence-corrected chi connectivity index (χ2v) is 9.20. The van der Waals surface area contributed by atoms with Gasteiger partial charge in [-0.3, -0.25) is 9.78 Å². The van der Waals surface area contributed by atoms with E-state index in [1.54, 1.807) is 24.4 Å². The number of fused-ring (bicyclic) bond motifs is 1. The van der Waals surface area contributed by atoms with Crippen LogP contribution in [0.15, 0.2) is 54.7 Å². The van der Waals surface area contributed by atoms with Crippen LogP contribution in [0.1, 0.15) is 31.0 Å². The highest BCUT2D eigenvalue weighted by molar-refractivity contribution is 5.82. The van der Waals surface area contributed by atoms with Crippen molar-refractivity contribution in [2.75, 3.05) is 26.0 Å². The van der Waals surface area contributed by atoms with E-state index in [2.05, 4.69) is 10.3 Å². The first kappa shape index (κ1) is 24.3. The Morgan fingerprint density at radius 2 is 1.89 bits per heavy atom. The minimum atomic E-state index is -0.210. The Kier molecular flexibility index (Phi) is 7.12. The van der Waals surface area contributed by atoms with Gasteiger partial charge in [-0.2, -0.15) is 0 Å². The van der Waals surface area contributed by atoms with Crippen molar-refractivity contribution in [2.24, 2.45) is 7.05 Å². The average molecular weight is 476 g/mol. The second-order valence-electron chi connectivity index (χ2n) is 9.20. The van der Waals surface area contributed by atoms with E-state index >= 15 is 0 Å². The van der Waals surface area contributed by atoms with Crippen LogP contribution in [0.25, 0.3) is 11.0 Å². The molecule has 0 bridgehead atoms. The first-order valence-corrected chi connectivity index (χ1v) is 11.5. The molecule has 4 aromatic rings. The zero-order chi connectivity index (χ0) is 25.1. The summed E-state index contributed by atoms with van der Waals surface area (Å²) in [5.74, 6) is 1.84. The van der Waals surface area contributed by atoms with Gasteiger partial charge in [0.2, 0.25) is 5.95 Å². The highest BCUT2D eigenvalue weighted by atomic mass is 19.1. The van der Waals surface area contributed by atoms with Crippen LogP contribution >= 0.6 is 0 Å². The number of aryl methyl sites for hydroxylation is 1. The number of halogens is 1. The van der Waals surface area contributed by atoms with Crippen LogP contribution in [0.4, 0.5) is 16.0 Å². The Labute approximate surface area is 204 Å². The molecule has 35 heavy (non-hydrogen) atoms. The largest absolute Gasteiger partial charge is 0.457 e. The molecule has 0 aliphatic heterocycles. The van der Waals surface area contributed by atoms with Gasteiger partial charge in [-0.1, -0.05) is 13.8 Å². The lowest BCUT2D eigenvalue weighted by Gasteiger charge is -2.11. The number of nitrogens with one attached hydrogen (secondary N) is 1. The highest BCUT2D eigenvalue weighted by Gasteiger charge is 2.13. The lowest BCUT2D eigenvalue weighted by molar-refractivity contribution is -0.119. The SMILES string of the molecule is CC(C)c1cc(Nc2nc3cc(Oc4ccnc(CC(=O)CN(C)C)c4)ccc3n2C)ccc1F. The van der Waals surface area contributed by atoms with Crippen LogP contribution in [0.3, 0.4) is 0 Å². The van der Waals surface area contributed by atoms with Crippen molar-refractivity contribution in [1.82, 2.24) is 19.4 Å². The van der Waals surface area contributed by atoms with Gasteiger partial charge in [-0.25, -0.2) is 9.37 Å². The third-order valence-corrected chi connectivity index (χ3v) is 5.62. The van der Waals surface area contributed by atoms with Crippen molar-refractivity contribution in [2.45, 2.75) is 26.2 Å². The number of ketones is 1. The molecule has 0 fully saturated rings. The van der Waals surface area contributed by atoms with Gasteiger partial charge in [0.15, 0.2) is 5.78 Å². The molecule has 0 radical (unpaired) electrons. The van der Waals surface area contributed by atoms with Crippen molar-refractivity contribution >= 4 is 28.5 Å². The van der Waals surface area contributed by atoms with Gasteiger partial charge in [-0.05, 0) is 62.0 Å². The minimum Gasteiger partial charge on any atom is -0.457 e. The molecule has 0 amide bonds. The van der Waals surface area contributed by atoms with E-state index < -0.39 is 0 Å². The Bertz CT molecular complexity index is 1360. The summed E-state index contributed by atoms with van der Waals surface area (Å²) in [6, 6.07) is 14.2. The van der Waals surface area contributed by atoms with E-state index in [4.69, 9.17) is 9.72 Å². The van der Waals surface area contributed by atoms with E-state index in [0.717, 1.165) is 16.7 Å². The number of likely N-dealkylation sites (N-methyl/N-ethyl adjacent to an activating group) is 1. The summed E-state index contributed by atoms with van der Waals surface area (Å²) >= 11 is 0. The number of anilines is 2. The molecular formula is C27H30FN5O2. The van der Waals surface area contributed by atoms with Crippen molar-refractivity contribution in [3.05, 3.63) is 71.8 Å². The Morgan fingerprint density at radius 3 is 2.63 bits per heavy atom. The van der Waals surface area contributed by atoms with E-state index in [-0.39, 0.29) is 23.9 Å². The number of pyridine rings is 1. The molecule has 2 aromatic heterocycles. The predicted octanol–water partition coefficient (Wildman–Crippen LogP) is 5.44. The summed E-state index contributed by atoms with van der Waals surface area (Å²) in [4.78, 5) is 23.0. The molecule has 0 aliphatic rings. The highest BCUT2D eigenvalue weighted by Crippen LogP contribution is 2.29. The molecule has 2 aromatic carbocycles. The molecular weight excluding hydrogens is 445 g/mol. The molecule has 4 rings (SSSR count). The lowest BCUT2D eigenvalue weighted by Crippen LogP contribution is -2.23. The quantitative estimate of drug-likeness (QED) is 0.348. The number of hydrogen-bond donors (Lipinski definition) is 1. The zero-order valence-electron chi connectivity index (χ0n) is 20.7. The number of carbonyl (C=O) groups excluding carboxylic acids is 1. The number of benzene rings is 2. The van der Waals surface area contributed by atoms with E-state index in [9.17, 15) is 9.18 Å². The molecule has 7 nitrogen and oxygen atoms in total. The van der Waals surface area contributed by atoms with Crippen LogP contribution in [0.5, 0.6) is 11.5 Å². The van der Waals surface area contributed by atoms with Crippen LogP contribution in [-0.2, 0) is 18.3 Å². The molecule has 182 valence electrons. The molecule has 0 saturated heterocycles. The molecule has 0 aliphatic carbocycles. The van der Waals surface area contributed by atoms with Crippen molar-refractivity contribution in [3.8, 4) is 11.5 Å². The molecule has 0 atom stereocenters. The molecule has 1 N–H and O–H groups in total. The minimum absolute atomic E-state index is 0.0803. The average Bonchev–Trinajstić information content (AvgIpc) is 3.09. The van der Waals surface area contributed by atoms with E-state index in [1.165, 1.54) is 6.07 Å². The maximum atomic E-state index is 14.1. The number of ether oxygens (including phenoxy) is 1. The molecule has 0 unspecified atom stereocenters. The Morgan fingerprint density at radius 1 is 1.11 bits per heavy atom. The molecule has 2 heterocycles. The van der Waals surface area contributed by atoms with E-state index in [0.29, 0.717) is 35.2 Å². The third-order valence-electron chi connectivity index (χ3n) is 5.62. The van der Waals surface area contributed by atoms with Gasteiger partial charge < -0.3 is 19.5 Å². The summed E-state index contributed by atoms with van der Waals surface area (Å²) in [5.41, 5.74) is 3.78. The van der Waals surface area contributed by atoms with Crippen LogP contribution in [0, 0.1) is 5.82 Å². The maximum Gasteiger partial charge on any atom is 0.208 e. The molecule has 0 saturated carbocycles. The van der Waals surface area contributed by atoms with Gasteiger partial charge in [0, 0.05) is 31.1 Å². The first-order valence-electron chi connectivity index (χ1n) is 11.5. The van der Waals surface area contributed by atoms with Crippen LogP contribution < -0.4 is 10.1 Å². The fourth-order valence-corrected chi connectivity index (χ4v) is 3.91. The third kappa shape index (κ3) is 5.84. The van der Waals surface area contributed by atoms with Crippen LogP contribution in [0.2, 0.25) is 0 Å². The van der Waals surface area contributed by atoms with Gasteiger partial charge in [0.25, 0.3) is 0 Å². The summed E-state index contributed by atoms with van der Waals surface area (Å²) in [7, 11) is 5.65. The van der Waals surface area contributed by atoms with Gasteiger partial charge >= 0.3 is 0 Å². The first-order chi connectivity index (χ1) is 16.7. The number of Topliss-reactive ketones (excluding diaryl/α,β-unsaturated/α-hetero) is 1. The van der Waals surface area contributed by atoms with Crippen molar-refractivity contribution in [1.29, 1.82) is 0 Å². The summed E-state index contributed by atoms with van der Waals surface area (Å²) < 4.78 is 22.1. The van der Waals surface area contributed by atoms with Crippen molar-refractivity contribution in [3.63, 3.8) is 0 Å².